The summed E-state index contributed by atoms with van der Waals surface area (Å²) in [6.45, 7) is 3.96. The van der Waals surface area contributed by atoms with Gasteiger partial charge in [-0.3, -0.25) is 10.1 Å². The molecule has 1 N–H and O–H groups in total. The standard InChI is InChI=1S/C19H21ClN4O3/c1-14(15-6-2-3-7-16(15)20)21-19(25)23-12-10-22(11-13-23)17-8-4-5-9-18(17)24(26)27/h2-9,14H,10-13H2,1H3,(H,21,25). The fraction of sp³-hybridized carbons (Fsp3) is 0.316. The largest absolute Gasteiger partial charge is 0.362 e. The first kappa shape index (κ1) is 19.0. The van der Waals surface area contributed by atoms with Gasteiger partial charge in [-0.1, -0.05) is 41.9 Å². The summed E-state index contributed by atoms with van der Waals surface area (Å²) in [4.78, 5) is 27.1. The number of rotatable bonds is 4. The number of piperazine rings is 1. The Kier molecular flexibility index (Phi) is 5.81. The van der Waals surface area contributed by atoms with Gasteiger partial charge in [0.2, 0.25) is 0 Å². The number of hydrogen-bond donors (Lipinski definition) is 1. The van der Waals surface area contributed by atoms with Crippen LogP contribution in [0.4, 0.5) is 16.2 Å². The second kappa shape index (κ2) is 8.26. The molecule has 1 aliphatic heterocycles. The first-order chi connectivity index (χ1) is 13.0. The maximum Gasteiger partial charge on any atom is 0.317 e. The van der Waals surface area contributed by atoms with Crippen LogP contribution >= 0.6 is 11.6 Å². The van der Waals surface area contributed by atoms with Gasteiger partial charge >= 0.3 is 6.03 Å². The zero-order valence-corrected chi connectivity index (χ0v) is 15.7. The van der Waals surface area contributed by atoms with E-state index in [9.17, 15) is 14.9 Å². The monoisotopic (exact) mass is 388 g/mol. The van der Waals surface area contributed by atoms with Gasteiger partial charge in [0.15, 0.2) is 0 Å². The lowest BCUT2D eigenvalue weighted by molar-refractivity contribution is -0.384. The predicted octanol–water partition coefficient (Wildman–Crippen LogP) is 3.84. The van der Waals surface area contributed by atoms with Crippen molar-refractivity contribution in [1.82, 2.24) is 10.2 Å². The van der Waals surface area contributed by atoms with Gasteiger partial charge in [0.25, 0.3) is 5.69 Å². The Hall–Kier alpha value is -2.80. The Balaban J connectivity index is 1.60. The van der Waals surface area contributed by atoms with Crippen molar-refractivity contribution < 1.29 is 9.72 Å². The van der Waals surface area contributed by atoms with Crippen LogP contribution in [0.15, 0.2) is 48.5 Å². The summed E-state index contributed by atoms with van der Waals surface area (Å²) in [7, 11) is 0. The van der Waals surface area contributed by atoms with Gasteiger partial charge in [-0.2, -0.15) is 0 Å². The van der Waals surface area contributed by atoms with Crippen LogP contribution in [0.1, 0.15) is 18.5 Å². The number of carbonyl (C=O) groups excluding carboxylic acids is 1. The van der Waals surface area contributed by atoms with Crippen molar-refractivity contribution in [2.45, 2.75) is 13.0 Å². The van der Waals surface area contributed by atoms with Gasteiger partial charge < -0.3 is 15.1 Å². The Morgan fingerprint density at radius 2 is 1.74 bits per heavy atom. The molecule has 0 saturated carbocycles. The fourth-order valence-electron chi connectivity index (χ4n) is 3.22. The average Bonchev–Trinajstić information content (AvgIpc) is 2.68. The molecule has 7 nitrogen and oxygen atoms in total. The molecule has 1 unspecified atom stereocenters. The normalized spacial score (nSPS) is 15.3. The number of nitro benzene ring substituents is 1. The van der Waals surface area contributed by atoms with Gasteiger partial charge in [-0.05, 0) is 24.6 Å². The zero-order chi connectivity index (χ0) is 19.4. The summed E-state index contributed by atoms with van der Waals surface area (Å²) in [5.41, 5.74) is 1.54. The van der Waals surface area contributed by atoms with Crippen LogP contribution in [-0.4, -0.2) is 42.0 Å². The highest BCUT2D eigenvalue weighted by Crippen LogP contribution is 2.28. The number of urea groups is 1. The molecule has 2 amide bonds. The summed E-state index contributed by atoms with van der Waals surface area (Å²) in [5.74, 6) is 0. The molecule has 3 rings (SSSR count). The van der Waals surface area contributed by atoms with Gasteiger partial charge in [-0.25, -0.2) is 4.79 Å². The molecule has 1 heterocycles. The van der Waals surface area contributed by atoms with Crippen molar-refractivity contribution in [3.05, 3.63) is 69.2 Å². The van der Waals surface area contributed by atoms with E-state index in [2.05, 4.69) is 5.32 Å². The summed E-state index contributed by atoms with van der Waals surface area (Å²) in [6.07, 6.45) is 0. The molecule has 142 valence electrons. The van der Waals surface area contributed by atoms with Crippen LogP contribution < -0.4 is 10.2 Å². The maximum absolute atomic E-state index is 12.6. The number of nitrogens with one attached hydrogen (secondary N) is 1. The van der Waals surface area contributed by atoms with Crippen molar-refractivity contribution in [3.8, 4) is 0 Å². The Bertz CT molecular complexity index is 837. The number of anilines is 1. The van der Waals surface area contributed by atoms with E-state index in [1.807, 2.05) is 30.0 Å². The highest BCUT2D eigenvalue weighted by molar-refractivity contribution is 6.31. The van der Waals surface area contributed by atoms with Crippen LogP contribution in [0.2, 0.25) is 5.02 Å². The van der Waals surface area contributed by atoms with E-state index in [4.69, 9.17) is 11.6 Å². The molecule has 1 atom stereocenters. The Morgan fingerprint density at radius 3 is 2.41 bits per heavy atom. The van der Waals surface area contributed by atoms with E-state index in [-0.39, 0.29) is 22.7 Å². The quantitative estimate of drug-likeness (QED) is 0.637. The molecule has 2 aromatic carbocycles. The second-order valence-corrected chi connectivity index (χ2v) is 6.82. The molecule has 1 saturated heterocycles. The Morgan fingerprint density at radius 1 is 1.11 bits per heavy atom. The lowest BCUT2D eigenvalue weighted by atomic mass is 10.1. The highest BCUT2D eigenvalue weighted by atomic mass is 35.5. The van der Waals surface area contributed by atoms with Crippen molar-refractivity contribution in [2.75, 3.05) is 31.1 Å². The molecular weight excluding hydrogens is 368 g/mol. The minimum atomic E-state index is -0.375. The van der Waals surface area contributed by atoms with Crippen LogP contribution in [-0.2, 0) is 0 Å². The smallest absolute Gasteiger partial charge is 0.317 e. The number of para-hydroxylation sites is 2. The molecule has 0 bridgehead atoms. The van der Waals surface area contributed by atoms with E-state index in [0.29, 0.717) is 36.9 Å². The number of nitrogens with zero attached hydrogens (tertiary/aromatic N) is 3. The summed E-state index contributed by atoms with van der Waals surface area (Å²) < 4.78 is 0. The third-order valence-electron chi connectivity index (χ3n) is 4.70. The van der Waals surface area contributed by atoms with E-state index >= 15 is 0 Å². The van der Waals surface area contributed by atoms with E-state index in [1.54, 1.807) is 29.2 Å². The molecule has 27 heavy (non-hydrogen) atoms. The molecule has 8 heteroatoms. The molecule has 0 spiro atoms. The van der Waals surface area contributed by atoms with Crippen LogP contribution in [0, 0.1) is 10.1 Å². The minimum Gasteiger partial charge on any atom is -0.362 e. The third-order valence-corrected chi connectivity index (χ3v) is 5.04. The van der Waals surface area contributed by atoms with Crippen LogP contribution in [0.3, 0.4) is 0 Å². The maximum atomic E-state index is 12.6. The Labute approximate surface area is 162 Å². The highest BCUT2D eigenvalue weighted by Gasteiger charge is 2.26. The number of benzene rings is 2. The number of hydrogen-bond acceptors (Lipinski definition) is 4. The van der Waals surface area contributed by atoms with E-state index in [0.717, 1.165) is 5.56 Å². The lowest BCUT2D eigenvalue weighted by Gasteiger charge is -2.36. The lowest BCUT2D eigenvalue weighted by Crippen LogP contribution is -2.52. The molecule has 0 aromatic heterocycles. The van der Waals surface area contributed by atoms with E-state index < -0.39 is 0 Å². The SMILES string of the molecule is CC(NC(=O)N1CCN(c2ccccc2[N+](=O)[O-])CC1)c1ccccc1Cl. The van der Waals surface area contributed by atoms with Crippen LogP contribution in [0.5, 0.6) is 0 Å². The predicted molar refractivity (Wildman–Crippen MR) is 105 cm³/mol. The third kappa shape index (κ3) is 4.31. The number of halogens is 1. The number of nitro groups is 1. The first-order valence-corrected chi connectivity index (χ1v) is 9.13. The summed E-state index contributed by atoms with van der Waals surface area (Å²) in [6, 6.07) is 13.7. The summed E-state index contributed by atoms with van der Waals surface area (Å²) >= 11 is 6.19. The summed E-state index contributed by atoms with van der Waals surface area (Å²) in [5, 5.41) is 14.8. The molecule has 0 aliphatic carbocycles. The van der Waals surface area contributed by atoms with Gasteiger partial charge in [0.05, 0.1) is 11.0 Å². The van der Waals surface area contributed by atoms with Crippen molar-refractivity contribution in [1.29, 1.82) is 0 Å². The zero-order valence-electron chi connectivity index (χ0n) is 15.0. The first-order valence-electron chi connectivity index (χ1n) is 8.75. The van der Waals surface area contributed by atoms with E-state index in [1.165, 1.54) is 6.07 Å². The second-order valence-electron chi connectivity index (χ2n) is 6.41. The molecule has 0 radical (unpaired) electrons. The van der Waals surface area contributed by atoms with Gasteiger partial charge in [0.1, 0.15) is 5.69 Å². The number of amides is 2. The van der Waals surface area contributed by atoms with Crippen molar-refractivity contribution >= 4 is 29.0 Å². The molecule has 1 aliphatic rings. The molecular formula is C19H21ClN4O3. The van der Waals surface area contributed by atoms with Crippen molar-refractivity contribution in [3.63, 3.8) is 0 Å². The van der Waals surface area contributed by atoms with Gasteiger partial charge in [0, 0.05) is 37.3 Å². The number of carbonyl (C=O) groups is 1. The fourth-order valence-corrected chi connectivity index (χ4v) is 3.52. The minimum absolute atomic E-state index is 0.0859. The van der Waals surface area contributed by atoms with Gasteiger partial charge in [-0.15, -0.1) is 0 Å². The topological polar surface area (TPSA) is 78.7 Å². The van der Waals surface area contributed by atoms with Crippen molar-refractivity contribution in [2.24, 2.45) is 0 Å². The average molecular weight is 389 g/mol. The molecule has 2 aromatic rings. The molecule has 1 fully saturated rings. The van der Waals surface area contributed by atoms with Crippen LogP contribution in [0.25, 0.3) is 0 Å².